The van der Waals surface area contributed by atoms with Gasteiger partial charge in [-0.05, 0) is 30.9 Å². The molecule has 2 rings (SSSR count). The molecule has 0 amide bonds. The first kappa shape index (κ1) is 10.6. The zero-order valence-corrected chi connectivity index (χ0v) is 9.10. The molecule has 0 unspecified atom stereocenters. The van der Waals surface area contributed by atoms with E-state index in [1.807, 2.05) is 18.5 Å². The average Bonchev–Trinajstić information content (AvgIpc) is 3.09. The third-order valence-corrected chi connectivity index (χ3v) is 2.89. The molecule has 1 aromatic heterocycles. The molecule has 82 valence electrons. The van der Waals surface area contributed by atoms with Crippen LogP contribution in [0.3, 0.4) is 0 Å². The highest BCUT2D eigenvalue weighted by molar-refractivity contribution is 5.09. The summed E-state index contributed by atoms with van der Waals surface area (Å²) >= 11 is 0. The molecule has 0 radical (unpaired) electrons. The molecule has 1 aliphatic carbocycles. The molecule has 0 spiro atoms. The third-order valence-electron chi connectivity index (χ3n) is 2.89. The predicted molar refractivity (Wildman–Crippen MR) is 61.6 cm³/mol. The summed E-state index contributed by atoms with van der Waals surface area (Å²) in [5.41, 5.74) is 6.93. The smallest absolute Gasteiger partial charge is 0.0300 e. The Morgan fingerprint density at radius 3 is 2.87 bits per heavy atom. The Morgan fingerprint density at radius 2 is 2.27 bits per heavy atom. The van der Waals surface area contributed by atoms with Crippen molar-refractivity contribution in [2.24, 2.45) is 5.73 Å². The SMILES string of the molecule is NCCN(CCc1cccnc1)C1CC1. The molecule has 0 bridgehead atoms. The topological polar surface area (TPSA) is 42.1 Å². The Balaban J connectivity index is 1.80. The maximum Gasteiger partial charge on any atom is 0.0300 e. The first-order valence-corrected chi connectivity index (χ1v) is 5.73. The van der Waals surface area contributed by atoms with Crippen LogP contribution in [0.15, 0.2) is 24.5 Å². The van der Waals surface area contributed by atoms with Gasteiger partial charge in [0, 0.05) is 38.1 Å². The fourth-order valence-electron chi connectivity index (χ4n) is 1.90. The van der Waals surface area contributed by atoms with Crippen LogP contribution in [0.1, 0.15) is 18.4 Å². The summed E-state index contributed by atoms with van der Waals surface area (Å²) in [4.78, 5) is 6.63. The van der Waals surface area contributed by atoms with Crippen molar-refractivity contribution in [2.75, 3.05) is 19.6 Å². The summed E-state index contributed by atoms with van der Waals surface area (Å²) in [6.45, 7) is 2.92. The number of aromatic nitrogens is 1. The lowest BCUT2D eigenvalue weighted by molar-refractivity contribution is 0.274. The molecule has 1 heterocycles. The van der Waals surface area contributed by atoms with Gasteiger partial charge in [0.05, 0.1) is 0 Å². The van der Waals surface area contributed by atoms with Crippen LogP contribution in [0.5, 0.6) is 0 Å². The van der Waals surface area contributed by atoms with Crippen molar-refractivity contribution in [3.05, 3.63) is 30.1 Å². The lowest BCUT2D eigenvalue weighted by Crippen LogP contribution is -2.33. The van der Waals surface area contributed by atoms with Crippen molar-refractivity contribution >= 4 is 0 Å². The summed E-state index contributed by atoms with van der Waals surface area (Å²) < 4.78 is 0. The molecule has 15 heavy (non-hydrogen) atoms. The quantitative estimate of drug-likeness (QED) is 0.754. The number of pyridine rings is 1. The van der Waals surface area contributed by atoms with E-state index >= 15 is 0 Å². The molecule has 1 aliphatic rings. The Bertz CT molecular complexity index is 282. The van der Waals surface area contributed by atoms with Crippen LogP contribution in [0, 0.1) is 0 Å². The zero-order valence-electron chi connectivity index (χ0n) is 9.10. The molecule has 1 aromatic rings. The maximum atomic E-state index is 5.61. The summed E-state index contributed by atoms with van der Waals surface area (Å²) in [6.07, 6.45) is 7.57. The van der Waals surface area contributed by atoms with E-state index in [0.717, 1.165) is 32.1 Å². The van der Waals surface area contributed by atoms with E-state index in [-0.39, 0.29) is 0 Å². The van der Waals surface area contributed by atoms with Crippen molar-refractivity contribution in [1.82, 2.24) is 9.88 Å². The van der Waals surface area contributed by atoms with Gasteiger partial charge in [-0.1, -0.05) is 6.07 Å². The minimum absolute atomic E-state index is 0.767. The van der Waals surface area contributed by atoms with Gasteiger partial charge in [0.1, 0.15) is 0 Å². The average molecular weight is 205 g/mol. The molecule has 3 heteroatoms. The maximum absolute atomic E-state index is 5.61. The normalized spacial score (nSPS) is 15.9. The van der Waals surface area contributed by atoms with Gasteiger partial charge in [-0.25, -0.2) is 0 Å². The van der Waals surface area contributed by atoms with Crippen molar-refractivity contribution < 1.29 is 0 Å². The predicted octanol–water partition coefficient (Wildman–Crippen LogP) is 1.05. The molecular formula is C12H19N3. The molecule has 1 saturated carbocycles. The standard InChI is InChI=1S/C12H19N3/c13-6-9-15(12-3-4-12)8-5-11-2-1-7-14-10-11/h1-2,7,10,12H,3-6,8-9,13H2. The van der Waals surface area contributed by atoms with Crippen LogP contribution >= 0.6 is 0 Å². The molecule has 3 nitrogen and oxygen atoms in total. The molecule has 1 fully saturated rings. The van der Waals surface area contributed by atoms with Gasteiger partial charge in [0.25, 0.3) is 0 Å². The monoisotopic (exact) mass is 205 g/mol. The van der Waals surface area contributed by atoms with Crippen LogP contribution in [0.2, 0.25) is 0 Å². The van der Waals surface area contributed by atoms with Crippen molar-refractivity contribution in [2.45, 2.75) is 25.3 Å². The summed E-state index contributed by atoms with van der Waals surface area (Å²) in [6, 6.07) is 4.95. The van der Waals surface area contributed by atoms with Crippen LogP contribution < -0.4 is 5.73 Å². The second-order valence-corrected chi connectivity index (χ2v) is 4.17. The van der Waals surface area contributed by atoms with Crippen molar-refractivity contribution in [1.29, 1.82) is 0 Å². The third kappa shape index (κ3) is 3.29. The van der Waals surface area contributed by atoms with E-state index in [4.69, 9.17) is 5.73 Å². The number of rotatable bonds is 6. The first-order valence-electron chi connectivity index (χ1n) is 5.73. The molecule has 0 aromatic carbocycles. The Labute approximate surface area is 91.3 Å². The van der Waals surface area contributed by atoms with Gasteiger partial charge in [0.2, 0.25) is 0 Å². The van der Waals surface area contributed by atoms with Crippen LogP contribution in [0.4, 0.5) is 0 Å². The fourth-order valence-corrected chi connectivity index (χ4v) is 1.90. The van der Waals surface area contributed by atoms with Gasteiger partial charge >= 0.3 is 0 Å². The number of hydrogen-bond acceptors (Lipinski definition) is 3. The first-order chi connectivity index (χ1) is 7.40. The number of hydrogen-bond donors (Lipinski definition) is 1. The van der Waals surface area contributed by atoms with E-state index in [9.17, 15) is 0 Å². The van der Waals surface area contributed by atoms with E-state index in [1.54, 1.807) is 0 Å². The second-order valence-electron chi connectivity index (χ2n) is 4.17. The number of nitrogens with two attached hydrogens (primary N) is 1. The minimum Gasteiger partial charge on any atom is -0.329 e. The highest BCUT2D eigenvalue weighted by Crippen LogP contribution is 2.26. The lowest BCUT2D eigenvalue weighted by Gasteiger charge is -2.20. The van der Waals surface area contributed by atoms with Crippen LogP contribution in [-0.2, 0) is 6.42 Å². The number of nitrogens with zero attached hydrogens (tertiary/aromatic N) is 2. The van der Waals surface area contributed by atoms with Crippen LogP contribution in [0.25, 0.3) is 0 Å². The van der Waals surface area contributed by atoms with Gasteiger partial charge < -0.3 is 5.73 Å². The molecule has 0 aliphatic heterocycles. The van der Waals surface area contributed by atoms with E-state index < -0.39 is 0 Å². The summed E-state index contributed by atoms with van der Waals surface area (Å²) in [5, 5.41) is 0. The highest BCUT2D eigenvalue weighted by atomic mass is 15.2. The minimum atomic E-state index is 0.767. The van der Waals surface area contributed by atoms with Crippen molar-refractivity contribution in [3.8, 4) is 0 Å². The molecule has 0 saturated heterocycles. The molecular weight excluding hydrogens is 186 g/mol. The Hall–Kier alpha value is -0.930. The zero-order chi connectivity index (χ0) is 10.5. The molecule has 0 atom stereocenters. The fraction of sp³-hybridized carbons (Fsp3) is 0.583. The summed E-state index contributed by atoms with van der Waals surface area (Å²) in [5.74, 6) is 0. The highest BCUT2D eigenvalue weighted by Gasteiger charge is 2.27. The van der Waals surface area contributed by atoms with E-state index in [0.29, 0.717) is 0 Å². The lowest BCUT2D eigenvalue weighted by atomic mass is 10.2. The summed E-state index contributed by atoms with van der Waals surface area (Å²) in [7, 11) is 0. The van der Waals surface area contributed by atoms with Crippen LogP contribution in [-0.4, -0.2) is 35.6 Å². The van der Waals surface area contributed by atoms with E-state index in [1.165, 1.54) is 18.4 Å². The largest absolute Gasteiger partial charge is 0.329 e. The van der Waals surface area contributed by atoms with Crippen molar-refractivity contribution in [3.63, 3.8) is 0 Å². The van der Waals surface area contributed by atoms with E-state index in [2.05, 4.69) is 16.0 Å². The van der Waals surface area contributed by atoms with Gasteiger partial charge in [-0.2, -0.15) is 0 Å². The van der Waals surface area contributed by atoms with Gasteiger partial charge in [-0.3, -0.25) is 9.88 Å². The molecule has 2 N–H and O–H groups in total. The van der Waals surface area contributed by atoms with Gasteiger partial charge in [-0.15, -0.1) is 0 Å². The Kier molecular flexibility index (Phi) is 3.69. The van der Waals surface area contributed by atoms with Gasteiger partial charge in [0.15, 0.2) is 0 Å². The Morgan fingerprint density at radius 1 is 1.40 bits per heavy atom. The second kappa shape index (κ2) is 5.24.